The molecule has 0 amide bonds. The highest BCUT2D eigenvalue weighted by Gasteiger charge is 2.35. The molecule has 0 atom stereocenters. The second-order valence-electron chi connectivity index (χ2n) is 4.93. The molecule has 0 aliphatic carbocycles. The van der Waals surface area contributed by atoms with E-state index in [9.17, 15) is 4.79 Å². The minimum atomic E-state index is -0.358. The summed E-state index contributed by atoms with van der Waals surface area (Å²) in [5.41, 5.74) is -0.358. The molecular weight excluding hydrogens is 202 g/mol. The zero-order valence-corrected chi connectivity index (χ0v) is 10.0. The quantitative estimate of drug-likeness (QED) is 0.782. The molecule has 3 heteroatoms. The van der Waals surface area contributed by atoms with Crippen molar-refractivity contribution < 1.29 is 9.21 Å². The molecule has 0 spiro atoms. The number of ketones is 1. The Labute approximate surface area is 96.4 Å². The average molecular weight is 221 g/mol. The number of hydrogen-bond acceptors (Lipinski definition) is 3. The van der Waals surface area contributed by atoms with Crippen LogP contribution in [0.3, 0.4) is 0 Å². The number of likely N-dealkylation sites (tertiary alicyclic amines) is 1. The van der Waals surface area contributed by atoms with Crippen molar-refractivity contribution in [2.24, 2.45) is 0 Å². The molecule has 16 heavy (non-hydrogen) atoms. The van der Waals surface area contributed by atoms with Crippen LogP contribution in [0.25, 0.3) is 0 Å². The monoisotopic (exact) mass is 221 g/mol. The van der Waals surface area contributed by atoms with Gasteiger partial charge in [-0.2, -0.15) is 0 Å². The summed E-state index contributed by atoms with van der Waals surface area (Å²) in [6.07, 6.45) is 4.43. The van der Waals surface area contributed by atoms with Crippen molar-refractivity contribution in [3.8, 4) is 0 Å². The van der Waals surface area contributed by atoms with Gasteiger partial charge in [-0.1, -0.05) is 0 Å². The first-order valence-electron chi connectivity index (χ1n) is 5.91. The zero-order chi connectivity index (χ0) is 11.6. The van der Waals surface area contributed by atoms with Gasteiger partial charge in [0.05, 0.1) is 18.2 Å². The van der Waals surface area contributed by atoms with E-state index in [0.717, 1.165) is 18.8 Å². The summed E-state index contributed by atoms with van der Waals surface area (Å²) < 4.78 is 5.22. The highest BCUT2D eigenvalue weighted by molar-refractivity contribution is 5.89. The summed E-state index contributed by atoms with van der Waals surface area (Å²) in [7, 11) is 0. The predicted octanol–water partition coefficient (Wildman–Crippen LogP) is 2.27. The molecule has 2 rings (SSSR count). The van der Waals surface area contributed by atoms with Crippen molar-refractivity contribution in [3.63, 3.8) is 0 Å². The maximum absolute atomic E-state index is 12.2. The summed E-state index contributed by atoms with van der Waals surface area (Å²) in [4.78, 5) is 14.5. The summed E-state index contributed by atoms with van der Waals surface area (Å²) in [6.45, 7) is 6.11. The van der Waals surface area contributed by atoms with E-state index in [1.54, 1.807) is 6.26 Å². The Balaban J connectivity index is 2.02. The molecule has 3 nitrogen and oxygen atoms in total. The summed E-state index contributed by atoms with van der Waals surface area (Å²) >= 11 is 0. The number of carbonyl (C=O) groups is 1. The third-order valence-electron chi connectivity index (χ3n) is 3.49. The molecule has 0 saturated carbocycles. The molecule has 0 unspecified atom stereocenters. The summed E-state index contributed by atoms with van der Waals surface area (Å²) in [6, 6.07) is 3.68. The van der Waals surface area contributed by atoms with E-state index in [1.165, 1.54) is 12.8 Å². The van der Waals surface area contributed by atoms with Crippen LogP contribution in [0.1, 0.15) is 32.4 Å². The lowest BCUT2D eigenvalue weighted by Crippen LogP contribution is -2.49. The first-order valence-corrected chi connectivity index (χ1v) is 5.91. The minimum absolute atomic E-state index is 0.240. The van der Waals surface area contributed by atoms with Gasteiger partial charge in [0, 0.05) is 0 Å². The van der Waals surface area contributed by atoms with Crippen molar-refractivity contribution in [3.05, 3.63) is 24.2 Å². The fourth-order valence-electron chi connectivity index (χ4n) is 2.24. The van der Waals surface area contributed by atoms with E-state index in [2.05, 4.69) is 4.90 Å². The maximum atomic E-state index is 12.2. The Bertz CT molecular complexity index is 348. The molecule has 0 radical (unpaired) electrons. The van der Waals surface area contributed by atoms with Crippen molar-refractivity contribution >= 4 is 5.78 Å². The van der Waals surface area contributed by atoms with E-state index < -0.39 is 0 Å². The number of rotatable bonds is 4. The normalized spacial score (nSPS) is 17.9. The van der Waals surface area contributed by atoms with Gasteiger partial charge in [-0.15, -0.1) is 0 Å². The van der Waals surface area contributed by atoms with Gasteiger partial charge in [-0.3, -0.25) is 9.69 Å². The van der Waals surface area contributed by atoms with Crippen LogP contribution in [-0.2, 0) is 11.2 Å². The molecule has 1 fully saturated rings. The van der Waals surface area contributed by atoms with Gasteiger partial charge in [0.25, 0.3) is 0 Å². The van der Waals surface area contributed by atoms with E-state index in [0.29, 0.717) is 6.42 Å². The van der Waals surface area contributed by atoms with Crippen molar-refractivity contribution in [2.45, 2.75) is 38.6 Å². The molecule has 1 aliphatic heterocycles. The lowest BCUT2D eigenvalue weighted by molar-refractivity contribution is -0.128. The molecule has 1 aliphatic rings. The second kappa shape index (κ2) is 4.42. The van der Waals surface area contributed by atoms with Crippen LogP contribution in [0, 0.1) is 0 Å². The Kier molecular flexibility index (Phi) is 3.15. The fraction of sp³-hybridized carbons (Fsp3) is 0.615. The third kappa shape index (κ3) is 2.19. The topological polar surface area (TPSA) is 33.5 Å². The van der Waals surface area contributed by atoms with Gasteiger partial charge in [-0.25, -0.2) is 0 Å². The largest absolute Gasteiger partial charge is 0.469 e. The van der Waals surface area contributed by atoms with E-state index >= 15 is 0 Å². The first kappa shape index (κ1) is 11.4. The van der Waals surface area contributed by atoms with E-state index in [-0.39, 0.29) is 11.3 Å². The van der Waals surface area contributed by atoms with Crippen molar-refractivity contribution in [1.82, 2.24) is 4.90 Å². The number of carbonyl (C=O) groups excluding carboxylic acids is 1. The molecule has 2 heterocycles. The number of Topliss-reactive ketones (excluding diaryl/α,β-unsaturated/α-hetero) is 1. The highest BCUT2D eigenvalue weighted by Crippen LogP contribution is 2.23. The Morgan fingerprint density at radius 1 is 1.44 bits per heavy atom. The van der Waals surface area contributed by atoms with Crippen molar-refractivity contribution in [1.29, 1.82) is 0 Å². The Morgan fingerprint density at radius 2 is 2.12 bits per heavy atom. The number of hydrogen-bond donors (Lipinski definition) is 0. The Hall–Kier alpha value is -1.09. The highest BCUT2D eigenvalue weighted by atomic mass is 16.3. The summed E-state index contributed by atoms with van der Waals surface area (Å²) in [5.74, 6) is 1.00. The minimum Gasteiger partial charge on any atom is -0.469 e. The molecule has 0 N–H and O–H groups in total. The van der Waals surface area contributed by atoms with Crippen LogP contribution >= 0.6 is 0 Å². The van der Waals surface area contributed by atoms with Gasteiger partial charge < -0.3 is 4.42 Å². The smallest absolute Gasteiger partial charge is 0.160 e. The molecule has 88 valence electrons. The number of nitrogens with zero attached hydrogens (tertiary/aromatic N) is 1. The van der Waals surface area contributed by atoms with Gasteiger partial charge in [0.2, 0.25) is 0 Å². The summed E-state index contributed by atoms with van der Waals surface area (Å²) in [5, 5.41) is 0. The van der Waals surface area contributed by atoms with Gasteiger partial charge >= 0.3 is 0 Å². The molecular formula is C13H19NO2. The van der Waals surface area contributed by atoms with Crippen LogP contribution in [0.4, 0.5) is 0 Å². The van der Waals surface area contributed by atoms with Crippen LogP contribution in [0.15, 0.2) is 22.8 Å². The standard InChI is InChI=1S/C13H19NO2/c1-13(2,14-7-3-4-8-14)12(15)10-11-6-5-9-16-11/h5-6,9H,3-4,7-8,10H2,1-2H3. The average Bonchev–Trinajstić information content (AvgIpc) is 2.89. The number of furan rings is 1. The molecule has 0 bridgehead atoms. The maximum Gasteiger partial charge on any atom is 0.160 e. The van der Waals surface area contributed by atoms with E-state index in [4.69, 9.17) is 4.42 Å². The van der Waals surface area contributed by atoms with Crippen LogP contribution in [0.5, 0.6) is 0 Å². The first-order chi connectivity index (χ1) is 7.60. The van der Waals surface area contributed by atoms with Gasteiger partial charge in [-0.05, 0) is 51.9 Å². The predicted molar refractivity (Wildman–Crippen MR) is 62.3 cm³/mol. The molecule has 0 aromatic carbocycles. The van der Waals surface area contributed by atoms with Crippen LogP contribution in [-0.4, -0.2) is 29.3 Å². The van der Waals surface area contributed by atoms with Crippen LogP contribution < -0.4 is 0 Å². The lowest BCUT2D eigenvalue weighted by Gasteiger charge is -2.33. The zero-order valence-electron chi connectivity index (χ0n) is 10.0. The second-order valence-corrected chi connectivity index (χ2v) is 4.93. The molecule has 1 aromatic heterocycles. The third-order valence-corrected chi connectivity index (χ3v) is 3.49. The Morgan fingerprint density at radius 3 is 2.69 bits per heavy atom. The van der Waals surface area contributed by atoms with Gasteiger partial charge in [0.15, 0.2) is 5.78 Å². The van der Waals surface area contributed by atoms with Crippen LogP contribution in [0.2, 0.25) is 0 Å². The lowest BCUT2D eigenvalue weighted by atomic mass is 9.94. The van der Waals surface area contributed by atoms with Crippen molar-refractivity contribution in [2.75, 3.05) is 13.1 Å². The molecule has 1 aromatic rings. The van der Waals surface area contributed by atoms with E-state index in [1.807, 2.05) is 26.0 Å². The SMILES string of the molecule is CC(C)(C(=O)Cc1ccco1)N1CCCC1. The van der Waals surface area contributed by atoms with Gasteiger partial charge in [0.1, 0.15) is 5.76 Å². The molecule has 1 saturated heterocycles. The fourth-order valence-corrected chi connectivity index (χ4v) is 2.24.